The van der Waals surface area contributed by atoms with Gasteiger partial charge >= 0.3 is 0 Å². The number of imidazole rings is 1. The number of aromatic amines is 1. The summed E-state index contributed by atoms with van der Waals surface area (Å²) in [6, 6.07) is 14.4. The number of nitrogens with one attached hydrogen (secondary N) is 1. The van der Waals surface area contributed by atoms with Gasteiger partial charge in [0.15, 0.2) is 5.65 Å². The van der Waals surface area contributed by atoms with E-state index in [1.54, 1.807) is 12.5 Å². The second-order valence-corrected chi connectivity index (χ2v) is 6.40. The first-order chi connectivity index (χ1) is 12.4. The highest BCUT2D eigenvalue weighted by atomic mass is 16.3. The Balaban J connectivity index is 1.53. The van der Waals surface area contributed by atoms with Gasteiger partial charge in [0.1, 0.15) is 11.6 Å². The minimum absolute atomic E-state index is 0.719. The molecule has 1 N–H and O–H groups in total. The Hall–Kier alpha value is -3.08. The van der Waals surface area contributed by atoms with Crippen LogP contribution >= 0.6 is 0 Å². The zero-order valence-corrected chi connectivity index (χ0v) is 13.8. The molecule has 1 aliphatic rings. The molecule has 0 radical (unpaired) electrons. The van der Waals surface area contributed by atoms with Crippen LogP contribution in [0, 0.1) is 0 Å². The highest BCUT2D eigenvalue weighted by Crippen LogP contribution is 2.28. The molecule has 0 amide bonds. The number of hydrogen-bond donors (Lipinski definition) is 1. The minimum Gasteiger partial charge on any atom is -0.464 e. The van der Waals surface area contributed by atoms with Crippen LogP contribution < -0.4 is 4.90 Å². The maximum atomic E-state index is 5.45. The first kappa shape index (κ1) is 14.3. The average Bonchev–Trinajstić information content (AvgIpc) is 3.42. The predicted octanol–water partition coefficient (Wildman–Crippen LogP) is 4.49. The van der Waals surface area contributed by atoms with Crippen molar-refractivity contribution in [1.82, 2.24) is 15.0 Å². The molecular formula is C20H18N4O. The SMILES string of the molecule is c1cc(-c2nc3ncc(-c4ccco4)cc3[nH]2)cc(N2CCCC2)c1. The van der Waals surface area contributed by atoms with Crippen LogP contribution in [0.5, 0.6) is 0 Å². The normalized spacial score (nSPS) is 14.5. The first-order valence-electron chi connectivity index (χ1n) is 8.62. The summed E-state index contributed by atoms with van der Waals surface area (Å²) in [7, 11) is 0. The predicted molar refractivity (Wildman–Crippen MR) is 98.5 cm³/mol. The molecule has 0 bridgehead atoms. The summed E-state index contributed by atoms with van der Waals surface area (Å²) in [5.74, 6) is 1.65. The van der Waals surface area contributed by atoms with E-state index in [9.17, 15) is 0 Å². The molecule has 1 aliphatic heterocycles. The second-order valence-electron chi connectivity index (χ2n) is 6.40. The van der Waals surface area contributed by atoms with Crippen LogP contribution in [-0.4, -0.2) is 28.0 Å². The number of aromatic nitrogens is 3. The topological polar surface area (TPSA) is 58.0 Å². The van der Waals surface area contributed by atoms with Crippen molar-refractivity contribution in [2.75, 3.05) is 18.0 Å². The number of anilines is 1. The van der Waals surface area contributed by atoms with E-state index in [0.717, 1.165) is 47.0 Å². The summed E-state index contributed by atoms with van der Waals surface area (Å²) >= 11 is 0. The smallest absolute Gasteiger partial charge is 0.178 e. The molecule has 1 aromatic carbocycles. The summed E-state index contributed by atoms with van der Waals surface area (Å²) in [6.07, 6.45) is 6.01. The molecule has 0 atom stereocenters. The van der Waals surface area contributed by atoms with Crippen molar-refractivity contribution in [3.63, 3.8) is 0 Å². The number of furan rings is 1. The van der Waals surface area contributed by atoms with Crippen molar-refractivity contribution in [2.24, 2.45) is 0 Å². The molecule has 25 heavy (non-hydrogen) atoms. The van der Waals surface area contributed by atoms with Gasteiger partial charge in [-0.15, -0.1) is 0 Å². The molecule has 0 saturated carbocycles. The molecule has 1 saturated heterocycles. The molecule has 5 rings (SSSR count). The van der Waals surface area contributed by atoms with E-state index < -0.39 is 0 Å². The van der Waals surface area contributed by atoms with Gasteiger partial charge in [0.2, 0.25) is 0 Å². The fraction of sp³-hybridized carbons (Fsp3) is 0.200. The summed E-state index contributed by atoms with van der Waals surface area (Å²) in [5, 5.41) is 0. The highest BCUT2D eigenvalue weighted by molar-refractivity contribution is 5.80. The Kier molecular flexibility index (Phi) is 3.30. The van der Waals surface area contributed by atoms with E-state index in [0.29, 0.717) is 0 Å². The van der Waals surface area contributed by atoms with Gasteiger partial charge in [-0.25, -0.2) is 9.97 Å². The number of rotatable bonds is 3. The summed E-state index contributed by atoms with van der Waals surface area (Å²) in [4.78, 5) is 15.0. The maximum absolute atomic E-state index is 5.45. The largest absolute Gasteiger partial charge is 0.464 e. The fourth-order valence-corrected chi connectivity index (χ4v) is 3.44. The van der Waals surface area contributed by atoms with Crippen LogP contribution in [0.3, 0.4) is 0 Å². The van der Waals surface area contributed by atoms with Crippen molar-refractivity contribution >= 4 is 16.9 Å². The van der Waals surface area contributed by atoms with E-state index in [1.165, 1.54) is 18.5 Å². The van der Waals surface area contributed by atoms with Gasteiger partial charge in [-0.1, -0.05) is 12.1 Å². The van der Waals surface area contributed by atoms with Gasteiger partial charge in [-0.3, -0.25) is 0 Å². The lowest BCUT2D eigenvalue weighted by atomic mass is 10.2. The van der Waals surface area contributed by atoms with Crippen LogP contribution in [0.4, 0.5) is 5.69 Å². The van der Waals surface area contributed by atoms with Gasteiger partial charge in [0, 0.05) is 36.1 Å². The van der Waals surface area contributed by atoms with Crippen LogP contribution in [0.1, 0.15) is 12.8 Å². The molecule has 3 aromatic heterocycles. The summed E-state index contributed by atoms with van der Waals surface area (Å²) < 4.78 is 5.45. The lowest BCUT2D eigenvalue weighted by molar-refractivity contribution is 0.582. The summed E-state index contributed by atoms with van der Waals surface area (Å²) in [6.45, 7) is 2.27. The summed E-state index contributed by atoms with van der Waals surface area (Å²) in [5.41, 5.74) is 4.92. The number of nitrogens with zero attached hydrogens (tertiary/aromatic N) is 3. The first-order valence-corrected chi connectivity index (χ1v) is 8.62. The molecular weight excluding hydrogens is 312 g/mol. The van der Waals surface area contributed by atoms with Crippen molar-refractivity contribution in [2.45, 2.75) is 12.8 Å². The highest BCUT2D eigenvalue weighted by Gasteiger charge is 2.14. The lowest BCUT2D eigenvalue weighted by Crippen LogP contribution is -2.17. The van der Waals surface area contributed by atoms with Gasteiger partial charge in [-0.05, 0) is 43.2 Å². The molecule has 0 spiro atoms. The molecule has 124 valence electrons. The molecule has 5 nitrogen and oxygen atoms in total. The Labute approximate surface area is 145 Å². The van der Waals surface area contributed by atoms with Crippen LogP contribution in [0.15, 0.2) is 59.3 Å². The lowest BCUT2D eigenvalue weighted by Gasteiger charge is -2.17. The monoisotopic (exact) mass is 330 g/mol. The Morgan fingerprint density at radius 1 is 1.00 bits per heavy atom. The van der Waals surface area contributed by atoms with Crippen molar-refractivity contribution < 1.29 is 4.42 Å². The number of H-pyrrole nitrogens is 1. The van der Waals surface area contributed by atoms with Gasteiger partial charge in [0.05, 0.1) is 11.8 Å². The molecule has 1 fully saturated rings. The zero-order valence-electron chi connectivity index (χ0n) is 13.8. The van der Waals surface area contributed by atoms with Gasteiger partial charge in [0.25, 0.3) is 0 Å². The van der Waals surface area contributed by atoms with Crippen LogP contribution in [0.2, 0.25) is 0 Å². The standard InChI is InChI=1S/C20H18N4O/c1-2-9-24(8-1)16-6-3-5-14(11-16)19-22-17-12-15(13-21-20(17)23-19)18-7-4-10-25-18/h3-7,10-13H,1-2,8-9H2,(H,21,22,23). The fourth-order valence-electron chi connectivity index (χ4n) is 3.44. The number of pyridine rings is 1. The molecule has 0 unspecified atom stereocenters. The Morgan fingerprint density at radius 2 is 1.92 bits per heavy atom. The van der Waals surface area contributed by atoms with E-state index in [4.69, 9.17) is 4.42 Å². The quantitative estimate of drug-likeness (QED) is 0.601. The molecule has 5 heteroatoms. The van der Waals surface area contributed by atoms with Crippen LogP contribution in [-0.2, 0) is 0 Å². The van der Waals surface area contributed by atoms with Crippen LogP contribution in [0.25, 0.3) is 33.9 Å². The molecule has 0 aliphatic carbocycles. The Morgan fingerprint density at radius 3 is 2.76 bits per heavy atom. The van der Waals surface area contributed by atoms with E-state index >= 15 is 0 Å². The van der Waals surface area contributed by atoms with Gasteiger partial charge in [-0.2, -0.15) is 0 Å². The van der Waals surface area contributed by atoms with E-state index in [2.05, 4.69) is 44.1 Å². The molecule has 4 heterocycles. The Bertz CT molecular complexity index is 1010. The number of fused-ring (bicyclic) bond motifs is 1. The van der Waals surface area contributed by atoms with Crippen molar-refractivity contribution in [3.05, 3.63) is 54.9 Å². The van der Waals surface area contributed by atoms with E-state index in [1.807, 2.05) is 18.2 Å². The van der Waals surface area contributed by atoms with E-state index in [-0.39, 0.29) is 0 Å². The second kappa shape index (κ2) is 5.77. The zero-order chi connectivity index (χ0) is 16.6. The third-order valence-electron chi connectivity index (χ3n) is 4.73. The van der Waals surface area contributed by atoms with Gasteiger partial charge < -0.3 is 14.3 Å². The minimum atomic E-state index is 0.719. The number of benzene rings is 1. The number of hydrogen-bond acceptors (Lipinski definition) is 4. The molecule has 4 aromatic rings. The third-order valence-corrected chi connectivity index (χ3v) is 4.73. The van der Waals surface area contributed by atoms with Crippen molar-refractivity contribution in [3.8, 4) is 22.7 Å². The maximum Gasteiger partial charge on any atom is 0.178 e. The van der Waals surface area contributed by atoms with Crippen molar-refractivity contribution in [1.29, 1.82) is 0 Å². The average molecular weight is 330 g/mol. The third kappa shape index (κ3) is 2.58.